The number of quaternary nitrogens is 1. The standard InChI is InChI=1S/C13H20ClN5S2/c1-19(2)9-3-8-15-12(20)17-18-13(21)16-11-6-4-10(14)5-7-11/h4-7H,3,8-9H2,1-2H3,(H2,15,17,20)(H2,16,18,21)/p+1. The summed E-state index contributed by atoms with van der Waals surface area (Å²) in [5, 5.41) is 7.75. The van der Waals surface area contributed by atoms with Crippen LogP contribution in [0.25, 0.3) is 0 Å². The van der Waals surface area contributed by atoms with Crippen LogP contribution in [0.2, 0.25) is 5.02 Å². The molecule has 0 bridgehead atoms. The summed E-state index contributed by atoms with van der Waals surface area (Å²) in [6, 6.07) is 7.27. The average molecular weight is 347 g/mol. The van der Waals surface area contributed by atoms with Gasteiger partial charge in [-0.3, -0.25) is 10.9 Å². The fraction of sp³-hybridized carbons (Fsp3) is 0.385. The second kappa shape index (κ2) is 9.73. The Morgan fingerprint density at radius 1 is 1.10 bits per heavy atom. The van der Waals surface area contributed by atoms with Gasteiger partial charge in [-0.1, -0.05) is 11.6 Å². The maximum Gasteiger partial charge on any atom is 0.189 e. The Labute approximate surface area is 141 Å². The third-order valence-electron chi connectivity index (χ3n) is 2.53. The van der Waals surface area contributed by atoms with E-state index in [-0.39, 0.29) is 0 Å². The normalized spacial score (nSPS) is 10.1. The zero-order valence-electron chi connectivity index (χ0n) is 12.1. The van der Waals surface area contributed by atoms with E-state index >= 15 is 0 Å². The maximum absolute atomic E-state index is 5.82. The summed E-state index contributed by atoms with van der Waals surface area (Å²) in [7, 11) is 4.25. The molecule has 0 aliphatic rings. The Kier molecular flexibility index (Phi) is 8.29. The fourth-order valence-electron chi connectivity index (χ4n) is 1.50. The van der Waals surface area contributed by atoms with Gasteiger partial charge in [0.1, 0.15) is 0 Å². The third-order valence-corrected chi connectivity index (χ3v) is 3.23. The van der Waals surface area contributed by atoms with E-state index in [0.717, 1.165) is 25.2 Å². The molecule has 0 spiro atoms. The van der Waals surface area contributed by atoms with Crippen molar-refractivity contribution in [2.75, 3.05) is 32.5 Å². The number of halogens is 1. The minimum absolute atomic E-state index is 0.430. The van der Waals surface area contributed by atoms with E-state index in [2.05, 4.69) is 35.6 Å². The van der Waals surface area contributed by atoms with Gasteiger partial charge in [-0.2, -0.15) is 0 Å². The molecule has 0 radical (unpaired) electrons. The van der Waals surface area contributed by atoms with Gasteiger partial charge in [0, 0.05) is 23.7 Å². The molecule has 1 rings (SSSR count). The van der Waals surface area contributed by atoms with Gasteiger partial charge >= 0.3 is 0 Å². The Hall–Kier alpha value is -1.15. The molecular formula is C13H21ClN5S2+. The summed E-state index contributed by atoms with van der Waals surface area (Å²) in [5.74, 6) is 0. The molecule has 0 amide bonds. The van der Waals surface area contributed by atoms with Crippen molar-refractivity contribution in [3.63, 3.8) is 0 Å². The molecule has 0 saturated heterocycles. The molecule has 5 N–H and O–H groups in total. The van der Waals surface area contributed by atoms with Crippen molar-refractivity contribution in [2.45, 2.75) is 6.42 Å². The number of hydrogen-bond donors (Lipinski definition) is 5. The summed E-state index contributed by atoms with van der Waals surface area (Å²) in [6.45, 7) is 1.93. The van der Waals surface area contributed by atoms with Crippen LogP contribution in [0.4, 0.5) is 5.69 Å². The molecule has 8 heteroatoms. The van der Waals surface area contributed by atoms with Gasteiger partial charge in [0.15, 0.2) is 10.2 Å². The molecule has 5 nitrogen and oxygen atoms in total. The van der Waals surface area contributed by atoms with Gasteiger partial charge in [0.05, 0.1) is 20.6 Å². The van der Waals surface area contributed by atoms with Crippen LogP contribution in [-0.2, 0) is 0 Å². The first-order chi connectivity index (χ1) is 9.97. The van der Waals surface area contributed by atoms with Crippen molar-refractivity contribution >= 4 is 51.9 Å². The predicted molar refractivity (Wildman–Crippen MR) is 96.8 cm³/mol. The van der Waals surface area contributed by atoms with E-state index < -0.39 is 0 Å². The van der Waals surface area contributed by atoms with E-state index in [0.29, 0.717) is 15.2 Å². The third kappa shape index (κ3) is 8.67. The van der Waals surface area contributed by atoms with Crippen molar-refractivity contribution in [3.05, 3.63) is 29.3 Å². The Balaban J connectivity index is 2.17. The molecule has 0 saturated carbocycles. The summed E-state index contributed by atoms with van der Waals surface area (Å²) < 4.78 is 0. The Morgan fingerprint density at radius 2 is 1.71 bits per heavy atom. The molecule has 1 aromatic carbocycles. The lowest BCUT2D eigenvalue weighted by molar-refractivity contribution is -0.858. The molecule has 0 atom stereocenters. The van der Waals surface area contributed by atoms with E-state index in [4.69, 9.17) is 36.0 Å². The fourth-order valence-corrected chi connectivity index (χ4v) is 1.95. The summed E-state index contributed by atoms with van der Waals surface area (Å²) >= 11 is 16.1. The molecule has 21 heavy (non-hydrogen) atoms. The summed E-state index contributed by atoms with van der Waals surface area (Å²) in [6.07, 6.45) is 1.05. The lowest BCUT2D eigenvalue weighted by Crippen LogP contribution is -3.05. The molecule has 0 aliphatic heterocycles. The Morgan fingerprint density at radius 3 is 2.33 bits per heavy atom. The van der Waals surface area contributed by atoms with Crippen molar-refractivity contribution in [3.8, 4) is 0 Å². The van der Waals surface area contributed by atoms with Crippen molar-refractivity contribution < 1.29 is 4.90 Å². The zero-order chi connectivity index (χ0) is 15.7. The lowest BCUT2D eigenvalue weighted by Gasteiger charge is -2.14. The van der Waals surface area contributed by atoms with Crippen LogP contribution in [-0.4, -0.2) is 37.4 Å². The molecule has 0 aromatic heterocycles. The highest BCUT2D eigenvalue weighted by Gasteiger charge is 1.99. The molecular weight excluding hydrogens is 326 g/mol. The SMILES string of the molecule is C[NH+](C)CCCNC(=S)NNC(=S)Nc1ccc(Cl)cc1. The lowest BCUT2D eigenvalue weighted by atomic mass is 10.3. The predicted octanol–water partition coefficient (Wildman–Crippen LogP) is 0.540. The minimum Gasteiger partial charge on any atom is -0.361 e. The first-order valence-electron chi connectivity index (χ1n) is 6.63. The van der Waals surface area contributed by atoms with Gasteiger partial charge < -0.3 is 15.5 Å². The number of anilines is 1. The zero-order valence-corrected chi connectivity index (χ0v) is 14.5. The highest BCUT2D eigenvalue weighted by molar-refractivity contribution is 7.80. The molecule has 0 fully saturated rings. The van der Waals surface area contributed by atoms with Crippen LogP contribution in [0.5, 0.6) is 0 Å². The van der Waals surface area contributed by atoms with E-state index in [1.54, 1.807) is 12.1 Å². The van der Waals surface area contributed by atoms with Gasteiger partial charge in [-0.25, -0.2) is 0 Å². The monoisotopic (exact) mass is 346 g/mol. The number of nitrogens with one attached hydrogen (secondary N) is 5. The number of hydrazine groups is 1. The number of hydrogen-bond acceptors (Lipinski definition) is 2. The average Bonchev–Trinajstić information content (AvgIpc) is 2.44. The maximum atomic E-state index is 5.82. The molecule has 116 valence electrons. The second-order valence-corrected chi connectivity index (χ2v) is 6.03. The van der Waals surface area contributed by atoms with Crippen LogP contribution in [0, 0.1) is 0 Å². The first-order valence-corrected chi connectivity index (χ1v) is 7.82. The van der Waals surface area contributed by atoms with Crippen molar-refractivity contribution in [1.29, 1.82) is 0 Å². The first kappa shape index (κ1) is 17.9. The smallest absolute Gasteiger partial charge is 0.189 e. The molecule has 1 aromatic rings. The van der Waals surface area contributed by atoms with Gasteiger partial charge in [-0.05, 0) is 48.7 Å². The van der Waals surface area contributed by atoms with Gasteiger partial charge in [-0.15, -0.1) is 0 Å². The van der Waals surface area contributed by atoms with E-state index in [1.807, 2.05) is 12.1 Å². The minimum atomic E-state index is 0.430. The highest BCUT2D eigenvalue weighted by Crippen LogP contribution is 2.12. The second-order valence-electron chi connectivity index (χ2n) is 4.78. The van der Waals surface area contributed by atoms with Crippen LogP contribution >= 0.6 is 36.0 Å². The quantitative estimate of drug-likeness (QED) is 0.305. The molecule has 0 heterocycles. The number of thiocarbonyl (C=S) groups is 2. The molecule has 0 aliphatic carbocycles. The van der Waals surface area contributed by atoms with Crippen LogP contribution in [0.15, 0.2) is 24.3 Å². The number of benzene rings is 1. The van der Waals surface area contributed by atoms with Crippen LogP contribution < -0.4 is 26.4 Å². The van der Waals surface area contributed by atoms with Crippen molar-refractivity contribution in [1.82, 2.24) is 16.2 Å². The van der Waals surface area contributed by atoms with E-state index in [9.17, 15) is 0 Å². The topological polar surface area (TPSA) is 52.6 Å². The van der Waals surface area contributed by atoms with Crippen molar-refractivity contribution in [2.24, 2.45) is 0 Å². The van der Waals surface area contributed by atoms with E-state index in [1.165, 1.54) is 4.90 Å². The summed E-state index contributed by atoms with van der Waals surface area (Å²) in [5.41, 5.74) is 6.51. The van der Waals surface area contributed by atoms with Gasteiger partial charge in [0.2, 0.25) is 0 Å². The van der Waals surface area contributed by atoms with Crippen LogP contribution in [0.3, 0.4) is 0 Å². The largest absolute Gasteiger partial charge is 0.361 e. The Bertz CT molecular complexity index is 464. The van der Waals surface area contributed by atoms with Crippen LogP contribution in [0.1, 0.15) is 6.42 Å². The van der Waals surface area contributed by atoms with Gasteiger partial charge in [0.25, 0.3) is 0 Å². The molecule has 0 unspecified atom stereocenters. The number of rotatable bonds is 5. The highest BCUT2D eigenvalue weighted by atomic mass is 35.5. The summed E-state index contributed by atoms with van der Waals surface area (Å²) in [4.78, 5) is 1.42.